The molecular weight excluding hydrogens is 208 g/mol. The van der Waals surface area contributed by atoms with Crippen LogP contribution >= 0.6 is 0 Å². The maximum Gasteiger partial charge on any atom is 0.341 e. The van der Waals surface area contributed by atoms with Gasteiger partial charge in [-0.1, -0.05) is 24.3 Å². The van der Waals surface area contributed by atoms with Crippen molar-refractivity contribution in [2.24, 2.45) is 0 Å². The third kappa shape index (κ3) is 2.05. The maximum absolute atomic E-state index is 11.6. The van der Waals surface area contributed by atoms with Gasteiger partial charge in [-0.05, 0) is 24.0 Å². The number of fused-ring (bicyclic) bond motifs is 1. The molecule has 84 valence electrons. The van der Waals surface area contributed by atoms with Gasteiger partial charge in [0.2, 0.25) is 0 Å². The summed E-state index contributed by atoms with van der Waals surface area (Å²) in [5, 5.41) is 8.42. The molecule has 4 heteroatoms. The van der Waals surface area contributed by atoms with E-state index in [0.29, 0.717) is 6.42 Å². The summed E-state index contributed by atoms with van der Waals surface area (Å²) in [5.41, 5.74) is 2.12. The zero-order chi connectivity index (χ0) is 11.5. The Hall–Kier alpha value is -1.84. The minimum atomic E-state index is -1.13. The Balaban J connectivity index is 2.07. The van der Waals surface area contributed by atoms with Crippen molar-refractivity contribution in [3.8, 4) is 0 Å². The summed E-state index contributed by atoms with van der Waals surface area (Å²) in [6, 6.07) is 7.69. The van der Waals surface area contributed by atoms with Crippen molar-refractivity contribution in [2.75, 3.05) is 6.61 Å². The molecule has 0 saturated carbocycles. The highest BCUT2D eigenvalue weighted by atomic mass is 16.5. The zero-order valence-corrected chi connectivity index (χ0v) is 8.68. The summed E-state index contributed by atoms with van der Waals surface area (Å²) in [6.07, 6.45) is 1.56. The summed E-state index contributed by atoms with van der Waals surface area (Å²) in [5.74, 6) is -1.86. The molecule has 0 aliphatic heterocycles. The molecule has 1 N–H and O–H groups in total. The van der Waals surface area contributed by atoms with Crippen molar-refractivity contribution in [2.45, 2.75) is 18.8 Å². The number of rotatable bonds is 3. The number of carbonyl (C=O) groups is 2. The second-order valence-electron chi connectivity index (χ2n) is 3.79. The van der Waals surface area contributed by atoms with E-state index in [1.54, 1.807) is 0 Å². The van der Waals surface area contributed by atoms with E-state index in [1.807, 2.05) is 24.3 Å². The Kier molecular flexibility index (Phi) is 2.90. The lowest BCUT2D eigenvalue weighted by molar-refractivity contribution is -0.156. The lowest BCUT2D eigenvalue weighted by atomic mass is 10.0. The van der Waals surface area contributed by atoms with Gasteiger partial charge in [0.25, 0.3) is 0 Å². The van der Waals surface area contributed by atoms with Crippen molar-refractivity contribution in [1.29, 1.82) is 0 Å². The molecule has 2 rings (SSSR count). The average Bonchev–Trinajstić information content (AvgIpc) is 2.69. The molecule has 1 atom stereocenters. The van der Waals surface area contributed by atoms with Gasteiger partial charge in [-0.2, -0.15) is 0 Å². The lowest BCUT2D eigenvalue weighted by Crippen LogP contribution is -2.18. The molecule has 0 aromatic heterocycles. The van der Waals surface area contributed by atoms with Crippen LogP contribution < -0.4 is 0 Å². The van der Waals surface area contributed by atoms with E-state index in [2.05, 4.69) is 0 Å². The summed E-state index contributed by atoms with van der Waals surface area (Å²) in [7, 11) is 0. The number of benzene rings is 1. The maximum atomic E-state index is 11.6. The number of carboxylic acid groups (broad SMARTS) is 1. The molecule has 16 heavy (non-hydrogen) atoms. The van der Waals surface area contributed by atoms with Gasteiger partial charge < -0.3 is 9.84 Å². The molecule has 0 bridgehead atoms. The van der Waals surface area contributed by atoms with Gasteiger partial charge in [0, 0.05) is 0 Å². The van der Waals surface area contributed by atoms with Crippen LogP contribution in [-0.4, -0.2) is 23.7 Å². The molecule has 0 saturated heterocycles. The fourth-order valence-corrected chi connectivity index (χ4v) is 2.04. The van der Waals surface area contributed by atoms with Gasteiger partial charge in [-0.15, -0.1) is 0 Å². The minimum absolute atomic E-state index is 0.296. The van der Waals surface area contributed by atoms with E-state index in [0.717, 1.165) is 17.5 Å². The van der Waals surface area contributed by atoms with Gasteiger partial charge in [0.15, 0.2) is 6.61 Å². The fraction of sp³-hybridized carbons (Fsp3) is 0.333. The highest BCUT2D eigenvalue weighted by Gasteiger charge is 2.29. The first-order valence-electron chi connectivity index (χ1n) is 5.14. The predicted molar refractivity (Wildman–Crippen MR) is 56.1 cm³/mol. The predicted octanol–water partition coefficient (Wildman–Crippen LogP) is 1.34. The average molecular weight is 220 g/mol. The fourth-order valence-electron chi connectivity index (χ4n) is 2.04. The van der Waals surface area contributed by atoms with Crippen LogP contribution in [0.15, 0.2) is 24.3 Å². The van der Waals surface area contributed by atoms with Crippen LogP contribution in [0, 0.1) is 0 Å². The molecule has 1 unspecified atom stereocenters. The molecule has 1 aromatic carbocycles. The minimum Gasteiger partial charge on any atom is -0.479 e. The summed E-state index contributed by atoms with van der Waals surface area (Å²) < 4.78 is 4.71. The Bertz CT molecular complexity index is 425. The lowest BCUT2D eigenvalue weighted by Gasteiger charge is -2.09. The zero-order valence-electron chi connectivity index (χ0n) is 8.68. The van der Waals surface area contributed by atoms with Gasteiger partial charge in [-0.25, -0.2) is 4.79 Å². The van der Waals surface area contributed by atoms with Gasteiger partial charge in [-0.3, -0.25) is 4.79 Å². The molecule has 0 spiro atoms. The van der Waals surface area contributed by atoms with Crippen LogP contribution in [0.3, 0.4) is 0 Å². The molecule has 0 heterocycles. The van der Waals surface area contributed by atoms with Crippen LogP contribution in [0.5, 0.6) is 0 Å². The standard InChI is InChI=1S/C12H12O4/c13-11(14)7-16-12(15)10-6-5-8-3-1-2-4-9(8)10/h1-4,10H,5-7H2,(H,13,14). The highest BCUT2D eigenvalue weighted by Crippen LogP contribution is 2.33. The summed E-state index contributed by atoms with van der Waals surface area (Å²) in [4.78, 5) is 21.9. The molecule has 1 aliphatic carbocycles. The quantitative estimate of drug-likeness (QED) is 0.781. The number of esters is 1. The van der Waals surface area contributed by atoms with Crippen LogP contribution in [0.25, 0.3) is 0 Å². The molecule has 1 aliphatic rings. The molecule has 0 amide bonds. The first-order valence-corrected chi connectivity index (χ1v) is 5.14. The smallest absolute Gasteiger partial charge is 0.341 e. The van der Waals surface area contributed by atoms with Gasteiger partial charge in [0.05, 0.1) is 5.92 Å². The molecule has 0 fully saturated rings. The summed E-state index contributed by atoms with van der Waals surface area (Å²) >= 11 is 0. The number of aliphatic carboxylic acids is 1. The normalized spacial score (nSPS) is 17.9. The van der Waals surface area contributed by atoms with Crippen LogP contribution in [0.4, 0.5) is 0 Å². The van der Waals surface area contributed by atoms with Gasteiger partial charge in [0.1, 0.15) is 0 Å². The SMILES string of the molecule is O=C(O)COC(=O)C1CCc2ccccc21. The first-order chi connectivity index (χ1) is 7.68. The number of hydrogen-bond acceptors (Lipinski definition) is 3. The number of aryl methyl sites for hydroxylation is 1. The number of hydrogen-bond donors (Lipinski definition) is 1. The van der Waals surface area contributed by atoms with Crippen molar-refractivity contribution in [3.05, 3.63) is 35.4 Å². The topological polar surface area (TPSA) is 63.6 Å². The van der Waals surface area contributed by atoms with Crippen molar-refractivity contribution < 1.29 is 19.4 Å². The van der Waals surface area contributed by atoms with Crippen LogP contribution in [0.2, 0.25) is 0 Å². The third-order valence-corrected chi connectivity index (χ3v) is 2.76. The van der Waals surface area contributed by atoms with E-state index in [-0.39, 0.29) is 5.92 Å². The summed E-state index contributed by atoms with van der Waals surface area (Å²) in [6.45, 7) is -0.558. The van der Waals surface area contributed by atoms with E-state index < -0.39 is 18.5 Å². The van der Waals surface area contributed by atoms with Crippen LogP contribution in [0.1, 0.15) is 23.5 Å². The highest BCUT2D eigenvalue weighted by molar-refractivity contribution is 5.82. The van der Waals surface area contributed by atoms with E-state index in [9.17, 15) is 9.59 Å². The first kappa shape index (κ1) is 10.7. The molecule has 1 aromatic rings. The Labute approximate surface area is 92.8 Å². The molecule has 0 radical (unpaired) electrons. The van der Waals surface area contributed by atoms with E-state index in [4.69, 9.17) is 9.84 Å². The van der Waals surface area contributed by atoms with Crippen molar-refractivity contribution in [3.63, 3.8) is 0 Å². The van der Waals surface area contributed by atoms with E-state index >= 15 is 0 Å². The monoisotopic (exact) mass is 220 g/mol. The van der Waals surface area contributed by atoms with Gasteiger partial charge >= 0.3 is 11.9 Å². The van der Waals surface area contributed by atoms with Crippen molar-refractivity contribution in [1.82, 2.24) is 0 Å². The number of carbonyl (C=O) groups excluding carboxylic acids is 1. The Morgan fingerprint density at radius 2 is 2.12 bits per heavy atom. The third-order valence-electron chi connectivity index (χ3n) is 2.76. The Morgan fingerprint density at radius 3 is 2.88 bits per heavy atom. The largest absolute Gasteiger partial charge is 0.479 e. The second-order valence-corrected chi connectivity index (χ2v) is 3.79. The number of carboxylic acids is 1. The van der Waals surface area contributed by atoms with E-state index in [1.165, 1.54) is 0 Å². The molecule has 4 nitrogen and oxygen atoms in total. The van der Waals surface area contributed by atoms with Crippen molar-refractivity contribution >= 4 is 11.9 Å². The number of ether oxygens (including phenoxy) is 1. The second kappa shape index (κ2) is 4.35. The van der Waals surface area contributed by atoms with Crippen LogP contribution in [-0.2, 0) is 20.7 Å². The molecular formula is C12H12O4. The Morgan fingerprint density at radius 1 is 1.38 bits per heavy atom.